The number of benzene rings is 2. The van der Waals surface area contributed by atoms with Crippen LogP contribution < -0.4 is 10.1 Å². The van der Waals surface area contributed by atoms with Crippen LogP contribution in [0.3, 0.4) is 0 Å². The van der Waals surface area contributed by atoms with Gasteiger partial charge >= 0.3 is 5.97 Å². The minimum absolute atomic E-state index is 0.0684. The second-order valence-corrected chi connectivity index (χ2v) is 4.54. The van der Waals surface area contributed by atoms with Crippen LogP contribution in [0.2, 0.25) is 0 Å². The van der Waals surface area contributed by atoms with E-state index in [0.29, 0.717) is 11.4 Å². The molecule has 2 aromatic rings. The van der Waals surface area contributed by atoms with E-state index in [2.05, 4.69) is 5.32 Å². The molecule has 2 N–H and O–H groups in total. The molecular weight excluding hydrogens is 270 g/mol. The molecule has 0 aliphatic rings. The fourth-order valence-corrected chi connectivity index (χ4v) is 1.91. The molecule has 0 aromatic heterocycles. The minimum Gasteiger partial charge on any atom is -0.495 e. The van der Waals surface area contributed by atoms with Crippen LogP contribution in [0, 0.1) is 6.92 Å². The number of carboxylic acids is 1. The molecule has 0 aliphatic carbocycles. The van der Waals surface area contributed by atoms with E-state index in [-0.39, 0.29) is 17.0 Å². The van der Waals surface area contributed by atoms with Crippen LogP contribution in [0.5, 0.6) is 5.75 Å². The number of nitrogens with one attached hydrogen (secondary N) is 1. The van der Waals surface area contributed by atoms with Crippen molar-refractivity contribution in [1.29, 1.82) is 0 Å². The molecule has 0 bridgehead atoms. The molecule has 0 saturated heterocycles. The van der Waals surface area contributed by atoms with Crippen molar-refractivity contribution in [3.8, 4) is 5.75 Å². The molecule has 2 rings (SSSR count). The molecule has 0 fully saturated rings. The Hall–Kier alpha value is -2.82. The van der Waals surface area contributed by atoms with Gasteiger partial charge in [0.05, 0.1) is 18.4 Å². The summed E-state index contributed by atoms with van der Waals surface area (Å²) in [4.78, 5) is 23.1. The van der Waals surface area contributed by atoms with Crippen molar-refractivity contribution in [3.05, 3.63) is 59.2 Å². The maximum absolute atomic E-state index is 12.2. The van der Waals surface area contributed by atoms with Gasteiger partial charge in [-0.3, -0.25) is 4.79 Å². The Bertz CT molecular complexity index is 694. The van der Waals surface area contributed by atoms with Crippen LogP contribution >= 0.6 is 0 Å². The summed E-state index contributed by atoms with van der Waals surface area (Å²) in [6.45, 7) is 1.90. The highest BCUT2D eigenvalue weighted by Gasteiger charge is 2.12. The summed E-state index contributed by atoms with van der Waals surface area (Å²) in [5.74, 6) is -0.914. The van der Waals surface area contributed by atoms with E-state index in [1.165, 1.54) is 25.3 Å². The van der Waals surface area contributed by atoms with E-state index < -0.39 is 5.97 Å². The average molecular weight is 285 g/mol. The Morgan fingerprint density at radius 1 is 1.10 bits per heavy atom. The summed E-state index contributed by atoms with van der Waals surface area (Å²) < 4.78 is 5.19. The number of hydrogen-bond donors (Lipinski definition) is 2. The zero-order valence-electron chi connectivity index (χ0n) is 11.7. The number of carbonyl (C=O) groups excluding carboxylic acids is 1. The summed E-state index contributed by atoms with van der Waals surface area (Å²) in [7, 11) is 1.52. The minimum atomic E-state index is -1.07. The fourth-order valence-electron chi connectivity index (χ4n) is 1.91. The second kappa shape index (κ2) is 6.09. The molecule has 108 valence electrons. The lowest BCUT2D eigenvalue weighted by molar-refractivity contribution is 0.0697. The third-order valence-corrected chi connectivity index (χ3v) is 2.97. The van der Waals surface area contributed by atoms with E-state index in [0.717, 1.165) is 5.56 Å². The lowest BCUT2D eigenvalue weighted by Gasteiger charge is -2.11. The second-order valence-electron chi connectivity index (χ2n) is 4.54. The number of amides is 1. The lowest BCUT2D eigenvalue weighted by Crippen LogP contribution is -2.13. The van der Waals surface area contributed by atoms with Gasteiger partial charge in [-0.2, -0.15) is 0 Å². The quantitative estimate of drug-likeness (QED) is 0.905. The molecule has 0 aliphatic heterocycles. The lowest BCUT2D eigenvalue weighted by atomic mass is 10.1. The normalized spacial score (nSPS) is 10.0. The van der Waals surface area contributed by atoms with Gasteiger partial charge in [0.25, 0.3) is 5.91 Å². The van der Waals surface area contributed by atoms with Crippen LogP contribution in [0.1, 0.15) is 26.3 Å². The third-order valence-electron chi connectivity index (χ3n) is 2.97. The van der Waals surface area contributed by atoms with Crippen molar-refractivity contribution >= 4 is 17.6 Å². The highest BCUT2D eigenvalue weighted by molar-refractivity contribution is 6.06. The number of rotatable bonds is 4. The third kappa shape index (κ3) is 3.39. The zero-order chi connectivity index (χ0) is 15.4. The van der Waals surface area contributed by atoms with E-state index in [1.807, 2.05) is 13.0 Å². The zero-order valence-corrected chi connectivity index (χ0v) is 11.7. The number of hydrogen-bond acceptors (Lipinski definition) is 3. The number of carboxylic acid groups (broad SMARTS) is 1. The summed E-state index contributed by atoms with van der Waals surface area (Å²) in [5, 5.41) is 11.7. The largest absolute Gasteiger partial charge is 0.495 e. The Balaban J connectivity index is 2.28. The number of carbonyl (C=O) groups is 2. The molecule has 0 radical (unpaired) electrons. The molecule has 1 amide bonds. The predicted octanol–water partition coefficient (Wildman–Crippen LogP) is 2.95. The number of aryl methyl sites for hydroxylation is 1. The Morgan fingerprint density at radius 2 is 1.81 bits per heavy atom. The summed E-state index contributed by atoms with van der Waals surface area (Å²) in [5.41, 5.74) is 1.87. The molecule has 0 atom stereocenters. The van der Waals surface area contributed by atoms with Gasteiger partial charge in [0, 0.05) is 5.56 Å². The van der Waals surface area contributed by atoms with Gasteiger partial charge in [0.1, 0.15) is 5.75 Å². The highest BCUT2D eigenvalue weighted by Crippen LogP contribution is 2.25. The van der Waals surface area contributed by atoms with E-state index in [1.54, 1.807) is 18.2 Å². The van der Waals surface area contributed by atoms with Crippen molar-refractivity contribution in [2.24, 2.45) is 0 Å². The van der Waals surface area contributed by atoms with Crippen molar-refractivity contribution in [1.82, 2.24) is 0 Å². The van der Waals surface area contributed by atoms with Crippen LogP contribution in [-0.2, 0) is 0 Å². The number of methoxy groups -OCH3 is 1. The molecule has 5 heteroatoms. The summed E-state index contributed by atoms with van der Waals surface area (Å²) >= 11 is 0. The van der Waals surface area contributed by atoms with Crippen LogP contribution in [0.15, 0.2) is 42.5 Å². The van der Waals surface area contributed by atoms with Crippen molar-refractivity contribution in [2.75, 3.05) is 12.4 Å². The Labute approximate surface area is 122 Å². The van der Waals surface area contributed by atoms with Crippen LogP contribution in [-0.4, -0.2) is 24.1 Å². The first kappa shape index (κ1) is 14.6. The van der Waals surface area contributed by atoms with Crippen molar-refractivity contribution < 1.29 is 19.4 Å². The first-order valence-electron chi connectivity index (χ1n) is 6.30. The molecule has 0 spiro atoms. The SMILES string of the molecule is COc1ccc(C)cc1NC(=O)c1cccc(C(=O)O)c1. The topological polar surface area (TPSA) is 75.6 Å². The number of anilines is 1. The Morgan fingerprint density at radius 3 is 2.48 bits per heavy atom. The standard InChI is InChI=1S/C16H15NO4/c1-10-6-7-14(21-2)13(8-10)17-15(18)11-4-3-5-12(9-11)16(19)20/h3-9H,1-2H3,(H,17,18)(H,19,20). The van der Waals surface area contributed by atoms with Crippen molar-refractivity contribution in [2.45, 2.75) is 6.92 Å². The van der Waals surface area contributed by atoms with Crippen molar-refractivity contribution in [3.63, 3.8) is 0 Å². The molecular formula is C16H15NO4. The molecule has 0 unspecified atom stereocenters. The number of aromatic carboxylic acids is 1. The van der Waals surface area contributed by atoms with Gasteiger partial charge in [-0.05, 0) is 42.8 Å². The van der Waals surface area contributed by atoms with Crippen LogP contribution in [0.25, 0.3) is 0 Å². The summed E-state index contributed by atoms with van der Waals surface area (Å²) in [6, 6.07) is 11.3. The van der Waals surface area contributed by atoms with Gasteiger partial charge in [-0.15, -0.1) is 0 Å². The molecule has 2 aromatic carbocycles. The maximum atomic E-state index is 12.2. The smallest absolute Gasteiger partial charge is 0.335 e. The van der Waals surface area contributed by atoms with Gasteiger partial charge < -0.3 is 15.2 Å². The van der Waals surface area contributed by atoms with Gasteiger partial charge in [0.15, 0.2) is 0 Å². The van der Waals surface area contributed by atoms with Gasteiger partial charge in [-0.25, -0.2) is 4.79 Å². The average Bonchev–Trinajstić information content (AvgIpc) is 2.47. The molecule has 0 saturated carbocycles. The maximum Gasteiger partial charge on any atom is 0.335 e. The fraction of sp³-hybridized carbons (Fsp3) is 0.125. The van der Waals surface area contributed by atoms with Gasteiger partial charge in [0.2, 0.25) is 0 Å². The molecule has 5 nitrogen and oxygen atoms in total. The first-order chi connectivity index (χ1) is 10.0. The summed E-state index contributed by atoms with van der Waals surface area (Å²) in [6.07, 6.45) is 0. The molecule has 21 heavy (non-hydrogen) atoms. The predicted molar refractivity (Wildman–Crippen MR) is 79.1 cm³/mol. The van der Waals surface area contributed by atoms with E-state index >= 15 is 0 Å². The monoisotopic (exact) mass is 285 g/mol. The highest BCUT2D eigenvalue weighted by atomic mass is 16.5. The van der Waals surface area contributed by atoms with E-state index in [9.17, 15) is 9.59 Å². The Kier molecular flexibility index (Phi) is 4.23. The van der Waals surface area contributed by atoms with Gasteiger partial charge in [-0.1, -0.05) is 12.1 Å². The molecule has 0 heterocycles. The van der Waals surface area contributed by atoms with Crippen LogP contribution in [0.4, 0.5) is 5.69 Å². The van der Waals surface area contributed by atoms with E-state index in [4.69, 9.17) is 9.84 Å². The number of ether oxygens (including phenoxy) is 1. The first-order valence-corrected chi connectivity index (χ1v) is 6.30.